The molecule has 8 heteroatoms. The van der Waals surface area contributed by atoms with Gasteiger partial charge < -0.3 is 10.0 Å². The van der Waals surface area contributed by atoms with E-state index in [0.29, 0.717) is 10.8 Å². The molecule has 1 saturated heterocycles. The fourth-order valence-electron chi connectivity index (χ4n) is 4.27. The van der Waals surface area contributed by atoms with Crippen LogP contribution >= 0.6 is 11.6 Å². The molecule has 2 atom stereocenters. The summed E-state index contributed by atoms with van der Waals surface area (Å²) in [6.07, 6.45) is 8.00. The van der Waals surface area contributed by atoms with Gasteiger partial charge in [-0.15, -0.1) is 0 Å². The molecule has 0 bridgehead atoms. The number of nitrogens with zero attached hydrogens (tertiary/aromatic N) is 5. The number of halogens is 1. The van der Waals surface area contributed by atoms with Gasteiger partial charge in [0, 0.05) is 30.9 Å². The Morgan fingerprint density at radius 2 is 2.19 bits per heavy atom. The molecule has 2 aliphatic rings. The average Bonchev–Trinajstić information content (AvgIpc) is 3.20. The Kier molecular flexibility index (Phi) is 3.62. The van der Waals surface area contributed by atoms with Crippen molar-refractivity contribution in [1.29, 1.82) is 0 Å². The number of carboxylic acid groups (broad SMARTS) is 1. The van der Waals surface area contributed by atoms with Gasteiger partial charge >= 0.3 is 5.97 Å². The topological polar surface area (TPSA) is 83.6 Å². The zero-order valence-electron chi connectivity index (χ0n) is 14.5. The quantitative estimate of drug-likeness (QED) is 0.748. The van der Waals surface area contributed by atoms with Gasteiger partial charge in [0.2, 0.25) is 0 Å². The van der Waals surface area contributed by atoms with Gasteiger partial charge in [0.25, 0.3) is 0 Å². The Balaban J connectivity index is 1.47. The van der Waals surface area contributed by atoms with Crippen LogP contribution in [0, 0.1) is 11.3 Å². The van der Waals surface area contributed by atoms with Crippen molar-refractivity contribution in [3.8, 4) is 11.5 Å². The summed E-state index contributed by atoms with van der Waals surface area (Å²) in [5.74, 6) is 0.505. The molecular formula is C19H18ClN5O2. The van der Waals surface area contributed by atoms with Gasteiger partial charge in [0.15, 0.2) is 5.82 Å². The van der Waals surface area contributed by atoms with Gasteiger partial charge in [-0.25, -0.2) is 15.0 Å². The van der Waals surface area contributed by atoms with E-state index >= 15 is 0 Å². The summed E-state index contributed by atoms with van der Waals surface area (Å²) in [6.45, 7) is 1.61. The van der Waals surface area contributed by atoms with Crippen LogP contribution < -0.4 is 4.90 Å². The van der Waals surface area contributed by atoms with Crippen molar-refractivity contribution in [2.24, 2.45) is 11.3 Å². The second-order valence-electron chi connectivity index (χ2n) is 7.44. The fourth-order valence-corrected chi connectivity index (χ4v) is 4.43. The van der Waals surface area contributed by atoms with Crippen LogP contribution in [0.1, 0.15) is 19.3 Å². The van der Waals surface area contributed by atoms with Crippen molar-refractivity contribution in [2.45, 2.75) is 19.3 Å². The predicted octanol–water partition coefficient (Wildman–Crippen LogP) is 3.14. The first-order valence-corrected chi connectivity index (χ1v) is 9.37. The minimum Gasteiger partial charge on any atom is -0.481 e. The standard InChI is InChI=1S/C19H18ClN5O2/c20-12-2-3-15-22-9-14(25(15)10-12)17-21-6-4-16(23-17)24-7-1-5-19(11-24)8-13(19)18(26)27/h2-4,6,9-10,13H,1,5,7-8,11H2,(H,26,27). The van der Waals surface area contributed by atoms with Crippen molar-refractivity contribution in [1.82, 2.24) is 19.4 Å². The van der Waals surface area contributed by atoms with Crippen LogP contribution in [-0.2, 0) is 4.79 Å². The molecule has 7 nitrogen and oxygen atoms in total. The molecule has 1 spiro atoms. The number of hydrogen-bond donors (Lipinski definition) is 1. The second-order valence-corrected chi connectivity index (χ2v) is 7.88. The molecule has 1 aliphatic carbocycles. The Labute approximate surface area is 160 Å². The van der Waals surface area contributed by atoms with Gasteiger partial charge in [-0.2, -0.15) is 0 Å². The zero-order chi connectivity index (χ0) is 18.6. The van der Waals surface area contributed by atoms with E-state index in [4.69, 9.17) is 16.6 Å². The molecule has 5 rings (SSSR count). The molecule has 3 aromatic heterocycles. The third-order valence-electron chi connectivity index (χ3n) is 5.76. The molecule has 0 amide bonds. The second kappa shape index (κ2) is 5.92. The van der Waals surface area contributed by atoms with Gasteiger partial charge in [0.1, 0.15) is 17.2 Å². The average molecular weight is 384 g/mol. The van der Waals surface area contributed by atoms with E-state index in [1.807, 2.05) is 16.5 Å². The monoisotopic (exact) mass is 383 g/mol. The number of carboxylic acids is 1. The number of hydrogen-bond acceptors (Lipinski definition) is 5. The third-order valence-corrected chi connectivity index (χ3v) is 5.98. The summed E-state index contributed by atoms with van der Waals surface area (Å²) in [6, 6.07) is 5.53. The first-order chi connectivity index (χ1) is 13.1. The maximum atomic E-state index is 11.4. The molecule has 0 radical (unpaired) electrons. The first kappa shape index (κ1) is 16.5. The molecule has 27 heavy (non-hydrogen) atoms. The maximum Gasteiger partial charge on any atom is 0.307 e. The summed E-state index contributed by atoms with van der Waals surface area (Å²) >= 11 is 6.12. The van der Waals surface area contributed by atoms with E-state index in [1.54, 1.807) is 24.7 Å². The van der Waals surface area contributed by atoms with Crippen LogP contribution in [0.25, 0.3) is 17.2 Å². The molecule has 2 unspecified atom stereocenters. The Bertz CT molecular complexity index is 1050. The van der Waals surface area contributed by atoms with Crippen LogP contribution in [-0.4, -0.2) is 43.5 Å². The zero-order valence-corrected chi connectivity index (χ0v) is 15.3. The van der Waals surface area contributed by atoms with Gasteiger partial charge in [-0.05, 0) is 37.5 Å². The maximum absolute atomic E-state index is 11.4. The molecular weight excluding hydrogens is 366 g/mol. The molecule has 2 fully saturated rings. The molecule has 3 aromatic rings. The SMILES string of the molecule is O=C(O)C1CC12CCCN(c1ccnc(-c3cnc4ccc(Cl)cn34)n1)C2. The molecule has 1 aliphatic heterocycles. The fraction of sp³-hybridized carbons (Fsp3) is 0.368. The number of rotatable bonds is 3. The highest BCUT2D eigenvalue weighted by atomic mass is 35.5. The van der Waals surface area contributed by atoms with Crippen molar-refractivity contribution < 1.29 is 9.90 Å². The predicted molar refractivity (Wildman–Crippen MR) is 101 cm³/mol. The first-order valence-electron chi connectivity index (χ1n) is 9.00. The highest BCUT2D eigenvalue weighted by Crippen LogP contribution is 2.58. The van der Waals surface area contributed by atoms with Crippen molar-refractivity contribution >= 4 is 29.0 Å². The lowest BCUT2D eigenvalue weighted by molar-refractivity contribution is -0.139. The summed E-state index contributed by atoms with van der Waals surface area (Å²) in [5.41, 5.74) is 1.46. The minimum atomic E-state index is -0.678. The lowest BCUT2D eigenvalue weighted by Gasteiger charge is -2.34. The van der Waals surface area contributed by atoms with E-state index < -0.39 is 5.97 Å². The number of aliphatic carboxylic acids is 1. The largest absolute Gasteiger partial charge is 0.481 e. The van der Waals surface area contributed by atoms with Gasteiger partial charge in [-0.3, -0.25) is 9.20 Å². The van der Waals surface area contributed by atoms with Crippen LogP contribution in [0.2, 0.25) is 5.02 Å². The van der Waals surface area contributed by atoms with E-state index in [1.165, 1.54) is 0 Å². The summed E-state index contributed by atoms with van der Waals surface area (Å²) in [7, 11) is 0. The summed E-state index contributed by atoms with van der Waals surface area (Å²) in [5, 5.41) is 9.97. The highest BCUT2D eigenvalue weighted by Gasteiger charge is 2.59. The number of aromatic nitrogens is 4. The molecule has 4 heterocycles. The summed E-state index contributed by atoms with van der Waals surface area (Å²) in [4.78, 5) is 27.1. The van der Waals surface area contributed by atoms with Gasteiger partial charge in [0.05, 0.1) is 17.1 Å². The number of piperidine rings is 1. The van der Waals surface area contributed by atoms with Crippen molar-refractivity contribution in [2.75, 3.05) is 18.0 Å². The third kappa shape index (κ3) is 2.73. The molecule has 0 aromatic carbocycles. The van der Waals surface area contributed by atoms with Gasteiger partial charge in [-0.1, -0.05) is 11.6 Å². The van der Waals surface area contributed by atoms with Crippen molar-refractivity contribution in [3.63, 3.8) is 0 Å². The Morgan fingerprint density at radius 3 is 3.00 bits per heavy atom. The van der Waals surface area contributed by atoms with E-state index in [2.05, 4.69) is 14.9 Å². The Morgan fingerprint density at radius 1 is 1.30 bits per heavy atom. The lowest BCUT2D eigenvalue weighted by Crippen LogP contribution is -2.38. The van der Waals surface area contributed by atoms with E-state index in [0.717, 1.165) is 49.5 Å². The lowest BCUT2D eigenvalue weighted by atomic mass is 9.92. The summed E-state index contributed by atoms with van der Waals surface area (Å²) < 4.78 is 1.88. The number of imidazole rings is 1. The van der Waals surface area contributed by atoms with E-state index in [-0.39, 0.29) is 11.3 Å². The molecule has 1 N–H and O–H groups in total. The Hall–Kier alpha value is -2.67. The number of pyridine rings is 1. The molecule has 1 saturated carbocycles. The van der Waals surface area contributed by atoms with Crippen LogP contribution in [0.4, 0.5) is 5.82 Å². The van der Waals surface area contributed by atoms with E-state index in [9.17, 15) is 9.90 Å². The highest BCUT2D eigenvalue weighted by molar-refractivity contribution is 6.30. The minimum absolute atomic E-state index is 0.0912. The number of anilines is 1. The van der Waals surface area contributed by atoms with Crippen LogP contribution in [0.5, 0.6) is 0 Å². The van der Waals surface area contributed by atoms with Crippen LogP contribution in [0.3, 0.4) is 0 Å². The number of fused-ring (bicyclic) bond motifs is 1. The molecule has 138 valence electrons. The number of carbonyl (C=O) groups is 1. The van der Waals surface area contributed by atoms with Crippen molar-refractivity contribution in [3.05, 3.63) is 41.8 Å². The normalized spacial score (nSPS) is 24.5. The van der Waals surface area contributed by atoms with Crippen LogP contribution in [0.15, 0.2) is 36.8 Å². The smallest absolute Gasteiger partial charge is 0.307 e.